The van der Waals surface area contributed by atoms with Gasteiger partial charge in [-0.25, -0.2) is 5.43 Å². The molecule has 4 atom stereocenters. The summed E-state index contributed by atoms with van der Waals surface area (Å²) >= 11 is 0. The van der Waals surface area contributed by atoms with Gasteiger partial charge in [-0.3, -0.25) is 19.9 Å². The van der Waals surface area contributed by atoms with E-state index in [1.54, 1.807) is 0 Å². The van der Waals surface area contributed by atoms with Crippen molar-refractivity contribution in [2.75, 3.05) is 16.9 Å². The van der Waals surface area contributed by atoms with E-state index in [1.165, 1.54) is 0 Å². The topological polar surface area (TPSA) is 73.5 Å². The highest BCUT2D eigenvalue weighted by Crippen LogP contribution is 2.32. The number of Topliss-reactive ketones (excluding diaryl/α,β-unsaturated/α-hetero) is 1. The second-order valence-electron chi connectivity index (χ2n) is 7.97. The lowest BCUT2D eigenvalue weighted by molar-refractivity contribution is -0.136. The molecule has 0 aliphatic carbocycles. The van der Waals surface area contributed by atoms with Crippen LogP contribution in [-0.4, -0.2) is 30.4 Å². The summed E-state index contributed by atoms with van der Waals surface area (Å²) < 4.78 is 0. The van der Waals surface area contributed by atoms with Crippen LogP contribution in [0.4, 0.5) is 11.4 Å². The Balaban J connectivity index is 1.36. The Morgan fingerprint density at radius 2 is 1.73 bits per heavy atom. The second kappa shape index (κ2) is 7.55. The highest BCUT2D eigenvalue weighted by atomic mass is 16.2. The Hall–Kier alpha value is -3.22. The first kappa shape index (κ1) is 18.8. The molecule has 0 bridgehead atoms. The Labute approximate surface area is 175 Å². The van der Waals surface area contributed by atoms with Crippen molar-refractivity contribution in [3.8, 4) is 0 Å². The third-order valence-corrected chi connectivity index (χ3v) is 6.10. The van der Waals surface area contributed by atoms with Crippen LogP contribution in [0.5, 0.6) is 0 Å². The van der Waals surface area contributed by atoms with Gasteiger partial charge in [-0.05, 0) is 30.5 Å². The molecule has 2 fully saturated rings. The number of hydrogen-bond acceptors (Lipinski definition) is 5. The van der Waals surface area contributed by atoms with Crippen molar-refractivity contribution in [2.45, 2.75) is 19.1 Å². The van der Waals surface area contributed by atoms with E-state index in [-0.39, 0.29) is 29.8 Å². The van der Waals surface area contributed by atoms with Crippen LogP contribution in [-0.2, 0) is 9.59 Å². The summed E-state index contributed by atoms with van der Waals surface area (Å²) in [5, 5.41) is 10.4. The standard InChI is InChI=1S/C24H24N4O2/c1-15-21-22(29)19(14-25-23(21)28(27-15)17-10-3-2-4-11-17)24(30)26-20-13-7-9-16-8-5-6-12-18(16)20/h2-13,15,19,21,23,25,27H,14H2,1H3,(H,26,30). The lowest BCUT2D eigenvalue weighted by Gasteiger charge is -2.35. The van der Waals surface area contributed by atoms with E-state index >= 15 is 0 Å². The SMILES string of the molecule is CC1NN(c2ccccc2)C2NCC(C(=O)Nc3cccc4ccccc34)C(=O)C12. The number of anilines is 2. The number of hydrazine groups is 1. The van der Waals surface area contributed by atoms with E-state index in [9.17, 15) is 9.59 Å². The number of nitrogens with one attached hydrogen (secondary N) is 3. The molecule has 6 heteroatoms. The van der Waals surface area contributed by atoms with Gasteiger partial charge in [0, 0.05) is 23.7 Å². The van der Waals surface area contributed by atoms with Crippen LogP contribution < -0.4 is 21.1 Å². The first-order valence-corrected chi connectivity index (χ1v) is 10.3. The Kier molecular flexibility index (Phi) is 4.73. The molecule has 5 rings (SSSR count). The van der Waals surface area contributed by atoms with E-state index in [0.717, 1.165) is 22.1 Å². The average Bonchev–Trinajstić information content (AvgIpc) is 3.12. The molecule has 1 amide bonds. The highest BCUT2D eigenvalue weighted by molar-refractivity contribution is 6.11. The number of ketones is 1. The molecule has 2 aliphatic heterocycles. The van der Waals surface area contributed by atoms with Gasteiger partial charge in [-0.2, -0.15) is 0 Å². The minimum Gasteiger partial charge on any atom is -0.325 e. The predicted molar refractivity (Wildman–Crippen MR) is 118 cm³/mol. The van der Waals surface area contributed by atoms with Gasteiger partial charge in [0.25, 0.3) is 0 Å². The third-order valence-electron chi connectivity index (χ3n) is 6.10. The molecule has 0 spiro atoms. The fourth-order valence-electron chi connectivity index (χ4n) is 4.61. The Bertz CT molecular complexity index is 1100. The fraction of sp³-hybridized carbons (Fsp3) is 0.250. The third kappa shape index (κ3) is 3.14. The van der Waals surface area contributed by atoms with Gasteiger partial charge < -0.3 is 5.32 Å². The minimum absolute atomic E-state index is 0.0186. The number of carbonyl (C=O) groups excluding carboxylic acids is 2. The molecule has 3 N–H and O–H groups in total. The smallest absolute Gasteiger partial charge is 0.236 e. The summed E-state index contributed by atoms with van der Waals surface area (Å²) in [6, 6.07) is 23.5. The molecule has 0 radical (unpaired) electrons. The quantitative estimate of drug-likeness (QED) is 0.590. The monoisotopic (exact) mass is 400 g/mol. The maximum Gasteiger partial charge on any atom is 0.236 e. The largest absolute Gasteiger partial charge is 0.325 e. The normalized spacial score (nSPS) is 25.9. The van der Waals surface area contributed by atoms with E-state index in [2.05, 4.69) is 16.1 Å². The Morgan fingerprint density at radius 1 is 1.00 bits per heavy atom. The van der Waals surface area contributed by atoms with Crippen molar-refractivity contribution < 1.29 is 9.59 Å². The molecule has 4 unspecified atom stereocenters. The highest BCUT2D eigenvalue weighted by Gasteiger charge is 2.50. The van der Waals surface area contributed by atoms with Crippen molar-refractivity contribution in [3.63, 3.8) is 0 Å². The number of carbonyl (C=O) groups is 2. The minimum atomic E-state index is -0.717. The second-order valence-corrected chi connectivity index (χ2v) is 7.97. The zero-order chi connectivity index (χ0) is 20.7. The predicted octanol–water partition coefficient (Wildman–Crippen LogP) is 2.92. The van der Waals surface area contributed by atoms with Crippen LogP contribution in [0, 0.1) is 11.8 Å². The first-order valence-electron chi connectivity index (χ1n) is 10.3. The van der Waals surface area contributed by atoms with Crippen LogP contribution in [0.15, 0.2) is 72.8 Å². The number of fused-ring (bicyclic) bond motifs is 2. The molecule has 30 heavy (non-hydrogen) atoms. The van der Waals surface area contributed by atoms with Crippen molar-refractivity contribution in [1.29, 1.82) is 0 Å². The maximum absolute atomic E-state index is 13.3. The lowest BCUT2D eigenvalue weighted by Crippen LogP contribution is -2.58. The molecular weight excluding hydrogens is 376 g/mol. The summed E-state index contributed by atoms with van der Waals surface area (Å²) in [5.74, 6) is -1.30. The first-order chi connectivity index (χ1) is 14.6. The summed E-state index contributed by atoms with van der Waals surface area (Å²) in [5.41, 5.74) is 5.12. The fourth-order valence-corrected chi connectivity index (χ4v) is 4.61. The molecule has 3 aromatic carbocycles. The number of amides is 1. The average molecular weight is 400 g/mol. The maximum atomic E-state index is 13.3. The van der Waals surface area contributed by atoms with Crippen LogP contribution in [0.3, 0.4) is 0 Å². The van der Waals surface area contributed by atoms with Gasteiger partial charge in [0.1, 0.15) is 12.1 Å². The molecule has 2 saturated heterocycles. The van der Waals surface area contributed by atoms with Gasteiger partial charge in [-0.15, -0.1) is 0 Å². The van der Waals surface area contributed by atoms with Gasteiger partial charge in [0.15, 0.2) is 5.78 Å². The number of hydrogen-bond donors (Lipinski definition) is 3. The lowest BCUT2D eigenvalue weighted by atomic mass is 9.83. The van der Waals surface area contributed by atoms with Crippen LogP contribution in [0.25, 0.3) is 10.8 Å². The van der Waals surface area contributed by atoms with Crippen molar-refractivity contribution in [2.24, 2.45) is 11.8 Å². The van der Waals surface area contributed by atoms with Gasteiger partial charge in [0.05, 0.1) is 11.6 Å². The van der Waals surface area contributed by atoms with Crippen molar-refractivity contribution in [3.05, 3.63) is 72.8 Å². The molecule has 152 valence electrons. The zero-order valence-electron chi connectivity index (χ0n) is 16.7. The van der Waals surface area contributed by atoms with E-state index in [0.29, 0.717) is 6.54 Å². The molecule has 2 heterocycles. The molecule has 6 nitrogen and oxygen atoms in total. The summed E-state index contributed by atoms with van der Waals surface area (Å²) in [7, 11) is 0. The van der Waals surface area contributed by atoms with Crippen molar-refractivity contribution in [1.82, 2.24) is 10.7 Å². The number of benzene rings is 3. The number of rotatable bonds is 3. The number of nitrogens with zero attached hydrogens (tertiary/aromatic N) is 1. The summed E-state index contributed by atoms with van der Waals surface area (Å²) in [4.78, 5) is 26.4. The van der Waals surface area contributed by atoms with Gasteiger partial charge in [-0.1, -0.05) is 54.6 Å². The van der Waals surface area contributed by atoms with E-state index < -0.39 is 5.92 Å². The van der Waals surface area contributed by atoms with E-state index in [4.69, 9.17) is 0 Å². The van der Waals surface area contributed by atoms with Gasteiger partial charge in [0.2, 0.25) is 5.91 Å². The molecule has 0 aromatic heterocycles. The van der Waals surface area contributed by atoms with Crippen LogP contribution in [0.2, 0.25) is 0 Å². The molecular formula is C24H24N4O2. The summed E-state index contributed by atoms with van der Waals surface area (Å²) in [6.07, 6.45) is -0.170. The number of para-hydroxylation sites is 1. The summed E-state index contributed by atoms with van der Waals surface area (Å²) in [6.45, 7) is 2.31. The van der Waals surface area contributed by atoms with Crippen molar-refractivity contribution >= 4 is 33.8 Å². The molecule has 3 aromatic rings. The van der Waals surface area contributed by atoms with Gasteiger partial charge >= 0.3 is 0 Å². The zero-order valence-corrected chi connectivity index (χ0v) is 16.7. The van der Waals surface area contributed by atoms with Crippen LogP contribution >= 0.6 is 0 Å². The van der Waals surface area contributed by atoms with E-state index in [1.807, 2.05) is 84.7 Å². The molecule has 2 aliphatic rings. The molecule has 0 saturated carbocycles. The van der Waals surface area contributed by atoms with Crippen LogP contribution in [0.1, 0.15) is 6.92 Å². The Morgan fingerprint density at radius 3 is 2.57 bits per heavy atom. The number of piperidine rings is 1.